The van der Waals surface area contributed by atoms with Crippen molar-refractivity contribution < 1.29 is 4.57 Å². The lowest BCUT2D eigenvalue weighted by Gasteiger charge is -2.27. The van der Waals surface area contributed by atoms with Gasteiger partial charge in [-0.3, -0.25) is 4.98 Å². The summed E-state index contributed by atoms with van der Waals surface area (Å²) in [5.41, 5.74) is 6.93. The van der Waals surface area contributed by atoms with Crippen LogP contribution in [0.4, 0.5) is 11.4 Å². The number of fused-ring (bicyclic) bond motifs is 1. The van der Waals surface area contributed by atoms with Crippen molar-refractivity contribution in [3.63, 3.8) is 0 Å². The van der Waals surface area contributed by atoms with Crippen LogP contribution >= 0.6 is 7.14 Å². The van der Waals surface area contributed by atoms with E-state index in [1.807, 2.05) is 91.0 Å². The number of nitrogens with one attached hydrogen (secondary N) is 1. The van der Waals surface area contributed by atoms with Crippen LogP contribution in [-0.4, -0.2) is 4.98 Å². The highest BCUT2D eigenvalue weighted by molar-refractivity contribution is 7.85. The molecule has 0 amide bonds. The Labute approximate surface area is 235 Å². The van der Waals surface area contributed by atoms with Crippen molar-refractivity contribution in [2.45, 2.75) is 20.3 Å². The van der Waals surface area contributed by atoms with Crippen LogP contribution in [0.15, 0.2) is 133 Å². The zero-order valence-electron chi connectivity index (χ0n) is 22.7. The molecule has 0 saturated heterocycles. The third-order valence-electron chi connectivity index (χ3n) is 7.28. The van der Waals surface area contributed by atoms with E-state index in [1.54, 1.807) is 0 Å². The van der Waals surface area contributed by atoms with Gasteiger partial charge in [0.25, 0.3) is 0 Å². The predicted octanol–water partition coefficient (Wildman–Crippen LogP) is 7.83. The summed E-state index contributed by atoms with van der Waals surface area (Å²) in [4.78, 5) is 5.24. The van der Waals surface area contributed by atoms with Crippen LogP contribution in [0.5, 0.6) is 0 Å². The van der Waals surface area contributed by atoms with E-state index >= 15 is 4.57 Å². The molecule has 1 heterocycles. The highest BCUT2D eigenvalue weighted by Crippen LogP contribution is 2.47. The molecule has 0 aliphatic heterocycles. The largest absolute Gasteiger partial charge is 0.354 e. The molecule has 1 N–H and O–H groups in total. The summed E-state index contributed by atoms with van der Waals surface area (Å²) >= 11 is 0. The van der Waals surface area contributed by atoms with E-state index in [4.69, 9.17) is 4.98 Å². The topological polar surface area (TPSA) is 42.0 Å². The second-order valence-electron chi connectivity index (χ2n) is 10.2. The van der Waals surface area contributed by atoms with Crippen molar-refractivity contribution in [1.82, 2.24) is 4.98 Å². The van der Waals surface area contributed by atoms with E-state index in [-0.39, 0.29) is 0 Å². The van der Waals surface area contributed by atoms with Crippen molar-refractivity contribution >= 4 is 45.3 Å². The number of pyridine rings is 1. The van der Waals surface area contributed by atoms with Crippen molar-refractivity contribution in [2.24, 2.45) is 0 Å². The first kappa shape index (κ1) is 25.8. The van der Waals surface area contributed by atoms with E-state index in [2.05, 4.69) is 61.6 Å². The van der Waals surface area contributed by atoms with Crippen molar-refractivity contribution in [3.8, 4) is 0 Å². The van der Waals surface area contributed by atoms with E-state index < -0.39 is 7.14 Å². The number of aromatic nitrogens is 1. The average molecular weight is 539 g/mol. The van der Waals surface area contributed by atoms with Crippen LogP contribution in [0, 0.1) is 13.8 Å². The van der Waals surface area contributed by atoms with Gasteiger partial charge in [0, 0.05) is 28.1 Å². The van der Waals surface area contributed by atoms with Gasteiger partial charge in [-0.2, -0.15) is 0 Å². The quantitative estimate of drug-likeness (QED) is 0.211. The number of benzene rings is 5. The fourth-order valence-electron chi connectivity index (χ4n) is 5.26. The van der Waals surface area contributed by atoms with Crippen LogP contribution < -0.4 is 21.2 Å². The minimum atomic E-state index is -3.38. The van der Waals surface area contributed by atoms with Gasteiger partial charge < -0.3 is 9.88 Å². The summed E-state index contributed by atoms with van der Waals surface area (Å²) in [6.45, 7) is 4.17. The van der Waals surface area contributed by atoms with Crippen LogP contribution in [0.3, 0.4) is 0 Å². The molecule has 0 atom stereocenters. The molecule has 0 aliphatic carbocycles. The summed E-state index contributed by atoms with van der Waals surface area (Å²) < 4.78 is 15.9. The molecule has 5 aromatic carbocycles. The SMILES string of the molecule is Cc1ccc(Cc2nc3ccc(C)cc3c(Nc3ccccc3)c2P(=O)(c2ccccc2)c2ccccc2)cc1. The molecule has 0 aliphatic rings. The van der Waals surface area contributed by atoms with Gasteiger partial charge in [0.15, 0.2) is 7.14 Å². The summed E-state index contributed by atoms with van der Waals surface area (Å²) in [5.74, 6) is 0. The van der Waals surface area contributed by atoms with E-state index in [9.17, 15) is 0 Å². The van der Waals surface area contributed by atoms with Gasteiger partial charge in [0.2, 0.25) is 0 Å². The molecule has 0 unspecified atom stereocenters. The molecule has 6 rings (SSSR count). The lowest BCUT2D eigenvalue weighted by molar-refractivity contribution is 0.592. The van der Waals surface area contributed by atoms with Crippen molar-refractivity contribution in [3.05, 3.63) is 156 Å². The molecule has 0 spiro atoms. The number of aryl methyl sites for hydroxylation is 2. The highest BCUT2D eigenvalue weighted by Gasteiger charge is 2.36. The molecule has 0 fully saturated rings. The smallest absolute Gasteiger partial charge is 0.174 e. The number of hydrogen-bond acceptors (Lipinski definition) is 3. The van der Waals surface area contributed by atoms with E-state index in [1.165, 1.54) is 5.56 Å². The Morgan fingerprint density at radius 2 is 1.20 bits per heavy atom. The van der Waals surface area contributed by atoms with E-state index in [0.29, 0.717) is 6.42 Å². The maximum atomic E-state index is 15.9. The monoisotopic (exact) mass is 538 g/mol. The Morgan fingerprint density at radius 3 is 1.80 bits per heavy atom. The fraction of sp³-hybridized carbons (Fsp3) is 0.0833. The Hall–Kier alpha value is -4.46. The molecule has 1 aromatic heterocycles. The number of rotatable bonds is 7. The first-order chi connectivity index (χ1) is 19.5. The third kappa shape index (κ3) is 4.97. The number of anilines is 2. The second kappa shape index (κ2) is 11.0. The van der Waals surface area contributed by atoms with Crippen LogP contribution in [0.2, 0.25) is 0 Å². The Balaban J connectivity index is 1.74. The summed E-state index contributed by atoms with van der Waals surface area (Å²) in [6, 6.07) is 44.7. The zero-order chi connectivity index (χ0) is 27.5. The summed E-state index contributed by atoms with van der Waals surface area (Å²) in [7, 11) is -3.38. The Kier molecular flexibility index (Phi) is 7.07. The molecule has 0 radical (unpaired) electrons. The van der Waals surface area contributed by atoms with Gasteiger partial charge >= 0.3 is 0 Å². The molecular weight excluding hydrogens is 507 g/mol. The van der Waals surface area contributed by atoms with Gasteiger partial charge in [-0.25, -0.2) is 0 Å². The Morgan fingerprint density at radius 1 is 0.650 bits per heavy atom. The van der Waals surface area contributed by atoms with Gasteiger partial charge in [-0.05, 0) is 43.7 Å². The molecule has 196 valence electrons. The maximum Gasteiger partial charge on any atom is 0.174 e. The normalized spacial score (nSPS) is 11.4. The maximum absolute atomic E-state index is 15.9. The first-order valence-corrected chi connectivity index (χ1v) is 15.3. The number of nitrogens with zero attached hydrogens (tertiary/aromatic N) is 1. The molecular formula is C36H31N2OP. The van der Waals surface area contributed by atoms with Crippen molar-refractivity contribution in [2.75, 3.05) is 5.32 Å². The summed E-state index contributed by atoms with van der Waals surface area (Å²) in [6.07, 6.45) is 0.562. The lowest BCUT2D eigenvalue weighted by atomic mass is 10.0. The zero-order valence-corrected chi connectivity index (χ0v) is 23.6. The standard InChI is InChI=1S/C36H31N2OP/c1-26-18-21-28(22-19-26)25-34-36(40(39,30-14-8-4-9-15-30)31-16-10-5-11-17-31)35(37-29-12-6-3-7-13-29)32-24-27(2)20-23-33(32)38-34/h3-24H,25H2,1-2H3,(H,37,38). The Bertz CT molecular complexity index is 1770. The van der Waals surface area contributed by atoms with Crippen LogP contribution in [-0.2, 0) is 11.0 Å². The molecule has 0 saturated carbocycles. The number of para-hydroxylation sites is 1. The molecule has 40 heavy (non-hydrogen) atoms. The average Bonchev–Trinajstić information content (AvgIpc) is 3.00. The minimum absolute atomic E-state index is 0.562. The van der Waals surface area contributed by atoms with Crippen LogP contribution in [0.1, 0.15) is 22.4 Å². The van der Waals surface area contributed by atoms with Gasteiger partial charge in [-0.1, -0.05) is 120 Å². The fourth-order valence-corrected chi connectivity index (χ4v) is 8.24. The van der Waals surface area contributed by atoms with Crippen molar-refractivity contribution in [1.29, 1.82) is 0 Å². The predicted molar refractivity (Wildman–Crippen MR) is 170 cm³/mol. The molecule has 3 nitrogen and oxygen atoms in total. The molecule has 6 aromatic rings. The molecule has 4 heteroatoms. The van der Waals surface area contributed by atoms with Crippen LogP contribution in [0.25, 0.3) is 10.9 Å². The highest BCUT2D eigenvalue weighted by atomic mass is 31.2. The van der Waals surface area contributed by atoms with E-state index in [0.717, 1.165) is 55.0 Å². The summed E-state index contributed by atoms with van der Waals surface area (Å²) in [5, 5.41) is 7.00. The minimum Gasteiger partial charge on any atom is -0.354 e. The third-order valence-corrected chi connectivity index (χ3v) is 10.4. The molecule has 0 bridgehead atoms. The second-order valence-corrected chi connectivity index (χ2v) is 12.9. The van der Waals surface area contributed by atoms with Gasteiger partial charge in [0.1, 0.15) is 0 Å². The lowest BCUT2D eigenvalue weighted by Crippen LogP contribution is -2.30. The first-order valence-electron chi connectivity index (χ1n) is 13.5. The van der Waals surface area contributed by atoms with Gasteiger partial charge in [-0.15, -0.1) is 0 Å². The van der Waals surface area contributed by atoms with Gasteiger partial charge in [0.05, 0.1) is 22.2 Å². The number of hydrogen-bond donors (Lipinski definition) is 1.